The Morgan fingerprint density at radius 1 is 0.667 bits per heavy atom. The Hall–Kier alpha value is -2.10. The second kappa shape index (κ2) is 10.9. The van der Waals surface area contributed by atoms with Crippen LogP contribution in [-0.4, -0.2) is 34.7 Å². The summed E-state index contributed by atoms with van der Waals surface area (Å²) in [7, 11) is 0. The van der Waals surface area contributed by atoms with E-state index in [0.29, 0.717) is 23.6 Å². The molecule has 2 fully saturated rings. The van der Waals surface area contributed by atoms with Gasteiger partial charge in [-0.3, -0.25) is 9.98 Å². The molecule has 2 saturated carbocycles. The molecule has 4 rings (SSSR count). The molecular weight excluding hydrogens is 388 g/mol. The van der Waals surface area contributed by atoms with Crippen LogP contribution < -0.4 is 0 Å². The van der Waals surface area contributed by atoms with E-state index in [0.717, 1.165) is 11.1 Å². The van der Waals surface area contributed by atoms with Gasteiger partial charge in [0, 0.05) is 52.7 Å². The third-order valence-corrected chi connectivity index (χ3v) is 4.87. The Bertz CT molecular complexity index is 703. The van der Waals surface area contributed by atoms with Crippen LogP contribution in [-0.2, 0) is 17.1 Å². The fraction of sp³-hybridized carbons (Fsp3) is 0.364. The first-order chi connectivity index (χ1) is 12.7. The smallest absolute Gasteiger partial charge is 0.124 e. The van der Waals surface area contributed by atoms with Crippen molar-refractivity contribution in [3.63, 3.8) is 0 Å². The molecular formula is C22H26CuN2O2. The molecule has 2 aliphatic rings. The molecule has 2 N–H and O–H groups in total. The van der Waals surface area contributed by atoms with Crippen molar-refractivity contribution in [2.24, 2.45) is 9.98 Å². The molecule has 0 bridgehead atoms. The van der Waals surface area contributed by atoms with Crippen LogP contribution in [0.1, 0.15) is 49.7 Å². The normalized spacial score (nSPS) is 16.9. The zero-order chi connectivity index (χ0) is 18.2. The van der Waals surface area contributed by atoms with Crippen molar-refractivity contribution in [1.82, 2.24) is 0 Å². The Labute approximate surface area is 171 Å². The van der Waals surface area contributed by atoms with E-state index in [4.69, 9.17) is 0 Å². The Morgan fingerprint density at radius 2 is 1.04 bits per heavy atom. The standard InChI is InChI=1S/2C11H13NO.Cu/c2*13-11-7-2-1-4-9(11)8-12-10-5-3-6-10;/h2*1-2,4,7-8,10,13H,3,5-6H2;. The van der Waals surface area contributed by atoms with Crippen LogP contribution in [0.25, 0.3) is 0 Å². The van der Waals surface area contributed by atoms with Gasteiger partial charge in [-0.15, -0.1) is 0 Å². The van der Waals surface area contributed by atoms with Crippen molar-refractivity contribution in [2.75, 3.05) is 0 Å². The summed E-state index contributed by atoms with van der Waals surface area (Å²) in [5.74, 6) is 0.621. The number of benzene rings is 2. The summed E-state index contributed by atoms with van der Waals surface area (Å²) in [6.07, 6.45) is 10.9. The summed E-state index contributed by atoms with van der Waals surface area (Å²) in [4.78, 5) is 8.75. The number of phenols is 2. The number of rotatable bonds is 4. The summed E-state index contributed by atoms with van der Waals surface area (Å²) in [6.45, 7) is 0. The first kappa shape index (κ1) is 21.2. The van der Waals surface area contributed by atoms with Crippen molar-refractivity contribution in [3.05, 3.63) is 59.7 Å². The molecule has 0 aliphatic heterocycles. The van der Waals surface area contributed by atoms with Crippen LogP contribution in [0.4, 0.5) is 0 Å². The van der Waals surface area contributed by atoms with Crippen molar-refractivity contribution in [1.29, 1.82) is 0 Å². The quantitative estimate of drug-likeness (QED) is 0.562. The SMILES string of the molecule is Oc1ccccc1C=NC1CCC1.Oc1ccccc1C=NC1CCC1.[Cu]. The molecule has 0 unspecified atom stereocenters. The van der Waals surface area contributed by atoms with Gasteiger partial charge >= 0.3 is 0 Å². The fourth-order valence-corrected chi connectivity index (χ4v) is 2.64. The van der Waals surface area contributed by atoms with Gasteiger partial charge < -0.3 is 10.2 Å². The van der Waals surface area contributed by atoms with Crippen molar-refractivity contribution in [2.45, 2.75) is 50.6 Å². The monoisotopic (exact) mass is 413 g/mol. The molecule has 0 heterocycles. The predicted octanol–water partition coefficient (Wildman–Crippen LogP) is 4.72. The summed E-state index contributed by atoms with van der Waals surface area (Å²) in [5, 5.41) is 18.8. The van der Waals surface area contributed by atoms with Gasteiger partial charge in [-0.2, -0.15) is 0 Å². The maximum Gasteiger partial charge on any atom is 0.124 e. The zero-order valence-electron chi connectivity index (χ0n) is 15.3. The van der Waals surface area contributed by atoms with Crippen LogP contribution in [0.5, 0.6) is 11.5 Å². The van der Waals surface area contributed by atoms with Gasteiger partial charge in [0.05, 0.1) is 0 Å². The van der Waals surface area contributed by atoms with Crippen LogP contribution in [0.2, 0.25) is 0 Å². The minimum atomic E-state index is 0. The van der Waals surface area contributed by atoms with Crippen LogP contribution >= 0.6 is 0 Å². The van der Waals surface area contributed by atoms with Crippen LogP contribution in [0, 0.1) is 0 Å². The average Bonchev–Trinajstić information content (AvgIpc) is 2.56. The van der Waals surface area contributed by atoms with Gasteiger partial charge in [0.25, 0.3) is 0 Å². The van der Waals surface area contributed by atoms with E-state index in [1.54, 1.807) is 24.6 Å². The molecule has 27 heavy (non-hydrogen) atoms. The number of hydrogen-bond donors (Lipinski definition) is 2. The molecule has 0 atom stereocenters. The van der Waals surface area contributed by atoms with Gasteiger partial charge in [0.1, 0.15) is 11.5 Å². The number of aliphatic imine (C=N–C) groups is 2. The van der Waals surface area contributed by atoms with E-state index >= 15 is 0 Å². The number of aromatic hydroxyl groups is 2. The first-order valence-electron chi connectivity index (χ1n) is 9.35. The second-order valence-corrected chi connectivity index (χ2v) is 6.84. The topological polar surface area (TPSA) is 65.2 Å². The van der Waals surface area contributed by atoms with Gasteiger partial charge in [0.2, 0.25) is 0 Å². The van der Waals surface area contributed by atoms with E-state index in [2.05, 4.69) is 9.98 Å². The van der Waals surface area contributed by atoms with Crippen molar-refractivity contribution < 1.29 is 27.3 Å². The third kappa shape index (κ3) is 6.53. The zero-order valence-corrected chi connectivity index (χ0v) is 16.2. The van der Waals surface area contributed by atoms with E-state index in [9.17, 15) is 10.2 Å². The maximum absolute atomic E-state index is 9.42. The molecule has 2 aliphatic carbocycles. The summed E-state index contributed by atoms with van der Waals surface area (Å²) < 4.78 is 0. The minimum absolute atomic E-state index is 0. The molecule has 1 radical (unpaired) electrons. The number of para-hydroxylation sites is 2. The molecule has 5 heteroatoms. The van der Waals surface area contributed by atoms with Crippen LogP contribution in [0.3, 0.4) is 0 Å². The number of nitrogens with zero attached hydrogens (tertiary/aromatic N) is 2. The Morgan fingerprint density at radius 3 is 1.33 bits per heavy atom. The first-order valence-corrected chi connectivity index (χ1v) is 9.35. The molecule has 0 aromatic heterocycles. The van der Waals surface area contributed by atoms with Gasteiger partial charge in [0.15, 0.2) is 0 Å². The maximum atomic E-state index is 9.42. The molecule has 0 amide bonds. The minimum Gasteiger partial charge on any atom is -0.507 e. The molecule has 2 aromatic carbocycles. The van der Waals surface area contributed by atoms with E-state index < -0.39 is 0 Å². The van der Waals surface area contributed by atoms with Crippen molar-refractivity contribution in [3.8, 4) is 11.5 Å². The van der Waals surface area contributed by atoms with Gasteiger partial charge in [-0.1, -0.05) is 24.3 Å². The van der Waals surface area contributed by atoms with Crippen LogP contribution in [0.15, 0.2) is 58.5 Å². The van der Waals surface area contributed by atoms with E-state index in [-0.39, 0.29) is 17.1 Å². The molecule has 4 nitrogen and oxygen atoms in total. The average molecular weight is 414 g/mol. The number of phenolic OH excluding ortho intramolecular Hbond substituents is 2. The largest absolute Gasteiger partial charge is 0.507 e. The summed E-state index contributed by atoms with van der Waals surface area (Å²) in [5.41, 5.74) is 1.63. The predicted molar refractivity (Wildman–Crippen MR) is 107 cm³/mol. The summed E-state index contributed by atoms with van der Waals surface area (Å²) >= 11 is 0. The Balaban J connectivity index is 0.000000187. The molecule has 0 saturated heterocycles. The molecule has 2 aromatic rings. The van der Waals surface area contributed by atoms with E-state index in [1.807, 2.05) is 36.4 Å². The van der Waals surface area contributed by atoms with E-state index in [1.165, 1.54) is 38.5 Å². The fourth-order valence-electron chi connectivity index (χ4n) is 2.64. The third-order valence-electron chi connectivity index (χ3n) is 4.87. The second-order valence-electron chi connectivity index (χ2n) is 6.84. The van der Waals surface area contributed by atoms with Crippen molar-refractivity contribution >= 4 is 12.4 Å². The Kier molecular flexibility index (Phi) is 8.56. The number of hydrogen-bond acceptors (Lipinski definition) is 4. The summed E-state index contributed by atoms with van der Waals surface area (Å²) in [6, 6.07) is 15.5. The molecule has 147 valence electrons. The molecule has 0 spiro atoms. The van der Waals surface area contributed by atoms with Gasteiger partial charge in [-0.05, 0) is 62.8 Å². The van der Waals surface area contributed by atoms with Gasteiger partial charge in [-0.25, -0.2) is 0 Å².